The van der Waals surface area contributed by atoms with Crippen LogP contribution < -0.4 is 5.73 Å². The molecule has 1 heterocycles. The first-order valence-electron chi connectivity index (χ1n) is 6.17. The molecule has 0 aromatic carbocycles. The number of ether oxygens (including phenoxy) is 1. The third kappa shape index (κ3) is 4.49. The first-order valence-corrected chi connectivity index (χ1v) is 6.17. The van der Waals surface area contributed by atoms with Crippen LogP contribution in [0.3, 0.4) is 0 Å². The Hall–Kier alpha value is -0.120. The van der Waals surface area contributed by atoms with E-state index in [1.54, 1.807) is 0 Å². The number of nitrogens with two attached hydrogens (primary N) is 1. The summed E-state index contributed by atoms with van der Waals surface area (Å²) < 4.78 is 5.64. The van der Waals surface area contributed by atoms with Crippen LogP contribution in [0.5, 0.6) is 0 Å². The van der Waals surface area contributed by atoms with E-state index in [0.29, 0.717) is 17.9 Å². The van der Waals surface area contributed by atoms with E-state index in [2.05, 4.69) is 25.7 Å². The van der Waals surface area contributed by atoms with Gasteiger partial charge in [-0.25, -0.2) is 0 Å². The summed E-state index contributed by atoms with van der Waals surface area (Å²) >= 11 is 0. The second-order valence-corrected chi connectivity index (χ2v) is 5.03. The fraction of sp³-hybridized carbons (Fsp3) is 1.00. The molecule has 0 saturated carbocycles. The third-order valence-corrected chi connectivity index (χ3v) is 3.27. The molecule has 0 amide bonds. The lowest BCUT2D eigenvalue weighted by atomic mass is 9.95. The van der Waals surface area contributed by atoms with Crippen molar-refractivity contribution in [2.75, 3.05) is 32.8 Å². The van der Waals surface area contributed by atoms with Gasteiger partial charge in [0.2, 0.25) is 0 Å². The topological polar surface area (TPSA) is 38.5 Å². The summed E-state index contributed by atoms with van der Waals surface area (Å²) in [5.41, 5.74) is 5.81. The maximum absolute atomic E-state index is 5.81. The fourth-order valence-corrected chi connectivity index (χ4v) is 2.14. The van der Waals surface area contributed by atoms with Crippen molar-refractivity contribution in [3.05, 3.63) is 0 Å². The molecule has 3 nitrogen and oxygen atoms in total. The minimum absolute atomic E-state index is 0.373. The summed E-state index contributed by atoms with van der Waals surface area (Å²) in [6, 6.07) is 0. The lowest BCUT2D eigenvalue weighted by Crippen LogP contribution is -2.38. The van der Waals surface area contributed by atoms with Gasteiger partial charge >= 0.3 is 0 Å². The molecule has 0 aromatic rings. The zero-order chi connectivity index (χ0) is 11.3. The normalized spacial score (nSPS) is 26.6. The maximum Gasteiger partial charge on any atom is 0.0673 e. The first-order chi connectivity index (χ1) is 7.13. The average Bonchev–Trinajstić information content (AvgIpc) is 2.38. The highest BCUT2D eigenvalue weighted by atomic mass is 16.5. The fourth-order valence-electron chi connectivity index (χ4n) is 2.14. The molecule has 2 atom stereocenters. The van der Waals surface area contributed by atoms with E-state index in [1.165, 1.54) is 0 Å². The Kier molecular flexibility index (Phi) is 5.58. The molecule has 1 saturated heterocycles. The summed E-state index contributed by atoms with van der Waals surface area (Å²) in [5.74, 6) is 1.30. The number of rotatable bonds is 4. The number of nitrogens with zero attached hydrogens (tertiary/aromatic N) is 1. The molecule has 1 aliphatic heterocycles. The molecule has 0 aliphatic carbocycles. The van der Waals surface area contributed by atoms with Gasteiger partial charge in [0.15, 0.2) is 0 Å². The van der Waals surface area contributed by atoms with E-state index >= 15 is 0 Å². The third-order valence-electron chi connectivity index (χ3n) is 3.27. The molecule has 0 bridgehead atoms. The van der Waals surface area contributed by atoms with E-state index < -0.39 is 0 Å². The molecule has 2 N–H and O–H groups in total. The van der Waals surface area contributed by atoms with Gasteiger partial charge in [0.05, 0.1) is 6.10 Å². The Balaban J connectivity index is 2.40. The van der Waals surface area contributed by atoms with Crippen molar-refractivity contribution >= 4 is 0 Å². The summed E-state index contributed by atoms with van der Waals surface area (Å²) in [5, 5.41) is 0. The lowest BCUT2D eigenvalue weighted by Gasteiger charge is -2.28. The van der Waals surface area contributed by atoms with Crippen molar-refractivity contribution in [3.63, 3.8) is 0 Å². The van der Waals surface area contributed by atoms with Crippen LogP contribution in [0, 0.1) is 11.8 Å². The monoisotopic (exact) mass is 214 g/mol. The van der Waals surface area contributed by atoms with Crippen LogP contribution in [-0.4, -0.2) is 43.8 Å². The molecule has 0 radical (unpaired) electrons. The standard InChI is InChI=1S/C12H26N2O/c1-10(2)12(7-13)9-14-5-4-6-15-11(3)8-14/h10-12H,4-9,13H2,1-3H3. The van der Waals surface area contributed by atoms with Gasteiger partial charge < -0.3 is 15.4 Å². The Bertz CT molecular complexity index is 173. The molecule has 1 aliphatic rings. The summed E-state index contributed by atoms with van der Waals surface area (Å²) in [4.78, 5) is 2.51. The van der Waals surface area contributed by atoms with Crippen LogP contribution in [0.2, 0.25) is 0 Å². The van der Waals surface area contributed by atoms with Gasteiger partial charge in [0, 0.05) is 26.2 Å². The highest BCUT2D eigenvalue weighted by Crippen LogP contribution is 2.14. The van der Waals surface area contributed by atoms with Crippen LogP contribution in [0.15, 0.2) is 0 Å². The highest BCUT2D eigenvalue weighted by molar-refractivity contribution is 4.73. The molecular formula is C12H26N2O. The second kappa shape index (κ2) is 6.46. The number of hydrogen-bond donors (Lipinski definition) is 1. The molecule has 2 unspecified atom stereocenters. The average molecular weight is 214 g/mol. The molecule has 0 spiro atoms. The maximum atomic E-state index is 5.81. The minimum atomic E-state index is 0.373. The Morgan fingerprint density at radius 3 is 2.80 bits per heavy atom. The van der Waals surface area contributed by atoms with Gasteiger partial charge in [-0.1, -0.05) is 13.8 Å². The van der Waals surface area contributed by atoms with Crippen molar-refractivity contribution in [1.29, 1.82) is 0 Å². The minimum Gasteiger partial charge on any atom is -0.377 e. The van der Waals surface area contributed by atoms with Crippen molar-refractivity contribution in [2.24, 2.45) is 17.6 Å². The lowest BCUT2D eigenvalue weighted by molar-refractivity contribution is 0.0644. The van der Waals surface area contributed by atoms with E-state index in [4.69, 9.17) is 10.5 Å². The summed E-state index contributed by atoms with van der Waals surface area (Å²) in [6.45, 7) is 11.7. The van der Waals surface area contributed by atoms with E-state index in [-0.39, 0.29) is 0 Å². The molecule has 1 rings (SSSR count). The highest BCUT2D eigenvalue weighted by Gasteiger charge is 2.19. The van der Waals surface area contributed by atoms with Gasteiger partial charge in [-0.15, -0.1) is 0 Å². The van der Waals surface area contributed by atoms with Crippen LogP contribution in [0.25, 0.3) is 0 Å². The van der Waals surface area contributed by atoms with Crippen molar-refractivity contribution in [2.45, 2.75) is 33.3 Å². The Morgan fingerprint density at radius 2 is 2.20 bits per heavy atom. The van der Waals surface area contributed by atoms with Crippen LogP contribution in [0.1, 0.15) is 27.2 Å². The summed E-state index contributed by atoms with van der Waals surface area (Å²) in [7, 11) is 0. The van der Waals surface area contributed by atoms with E-state index in [9.17, 15) is 0 Å². The molecule has 15 heavy (non-hydrogen) atoms. The molecule has 90 valence electrons. The zero-order valence-electron chi connectivity index (χ0n) is 10.4. The zero-order valence-corrected chi connectivity index (χ0v) is 10.4. The predicted octanol–water partition coefficient (Wildman–Crippen LogP) is 1.33. The quantitative estimate of drug-likeness (QED) is 0.767. The predicted molar refractivity (Wildman–Crippen MR) is 63.9 cm³/mol. The van der Waals surface area contributed by atoms with Gasteiger partial charge in [0.1, 0.15) is 0 Å². The van der Waals surface area contributed by atoms with Gasteiger partial charge in [-0.3, -0.25) is 0 Å². The second-order valence-electron chi connectivity index (χ2n) is 5.03. The van der Waals surface area contributed by atoms with Crippen molar-refractivity contribution in [1.82, 2.24) is 4.90 Å². The molecule has 1 fully saturated rings. The largest absolute Gasteiger partial charge is 0.377 e. The van der Waals surface area contributed by atoms with Gasteiger partial charge in [0.25, 0.3) is 0 Å². The van der Waals surface area contributed by atoms with Gasteiger partial charge in [-0.05, 0) is 31.7 Å². The van der Waals surface area contributed by atoms with Crippen molar-refractivity contribution in [3.8, 4) is 0 Å². The molecular weight excluding hydrogens is 188 g/mol. The van der Waals surface area contributed by atoms with E-state index in [1.807, 2.05) is 0 Å². The Morgan fingerprint density at radius 1 is 1.47 bits per heavy atom. The van der Waals surface area contributed by atoms with Crippen LogP contribution in [0.4, 0.5) is 0 Å². The van der Waals surface area contributed by atoms with Gasteiger partial charge in [-0.2, -0.15) is 0 Å². The molecule has 3 heteroatoms. The Labute approximate surface area is 94.0 Å². The van der Waals surface area contributed by atoms with Crippen LogP contribution in [-0.2, 0) is 4.74 Å². The molecule has 0 aromatic heterocycles. The van der Waals surface area contributed by atoms with Crippen molar-refractivity contribution < 1.29 is 4.74 Å². The number of hydrogen-bond acceptors (Lipinski definition) is 3. The smallest absolute Gasteiger partial charge is 0.0673 e. The van der Waals surface area contributed by atoms with Crippen LogP contribution >= 0.6 is 0 Å². The van der Waals surface area contributed by atoms with E-state index in [0.717, 1.165) is 39.2 Å². The first kappa shape index (κ1) is 12.9. The SMILES string of the molecule is CC1CN(CC(CN)C(C)C)CCCO1. The summed E-state index contributed by atoms with van der Waals surface area (Å²) in [6.07, 6.45) is 1.53.